The SMILES string of the molecule is CCCCS(=O)(=O)Nc1ccc(/C=C/C(=O)O)cc1CC. The molecule has 0 atom stereocenters. The van der Waals surface area contributed by atoms with Crippen LogP contribution in [0, 0.1) is 0 Å². The van der Waals surface area contributed by atoms with Crippen molar-refractivity contribution in [1.29, 1.82) is 0 Å². The number of carboxylic acid groups (broad SMARTS) is 1. The Bertz CT molecular complexity index is 621. The molecule has 1 rings (SSSR count). The molecule has 0 aliphatic rings. The lowest BCUT2D eigenvalue weighted by molar-refractivity contribution is -0.131. The van der Waals surface area contributed by atoms with Gasteiger partial charge in [0.25, 0.3) is 0 Å². The summed E-state index contributed by atoms with van der Waals surface area (Å²) < 4.78 is 26.4. The number of sulfonamides is 1. The number of benzene rings is 1. The number of hydrogen-bond acceptors (Lipinski definition) is 3. The van der Waals surface area contributed by atoms with Gasteiger partial charge in [0, 0.05) is 6.08 Å². The van der Waals surface area contributed by atoms with Gasteiger partial charge in [-0.05, 0) is 42.2 Å². The smallest absolute Gasteiger partial charge is 0.328 e. The molecule has 0 fully saturated rings. The van der Waals surface area contributed by atoms with Crippen LogP contribution in [0.1, 0.15) is 37.8 Å². The largest absolute Gasteiger partial charge is 0.478 e. The first kappa shape index (κ1) is 17.2. The third-order valence-electron chi connectivity index (χ3n) is 2.96. The van der Waals surface area contributed by atoms with Crippen LogP contribution in [0.15, 0.2) is 24.3 Å². The van der Waals surface area contributed by atoms with Crippen molar-refractivity contribution in [3.63, 3.8) is 0 Å². The molecule has 0 unspecified atom stereocenters. The van der Waals surface area contributed by atoms with Gasteiger partial charge in [-0.3, -0.25) is 4.72 Å². The first-order valence-electron chi connectivity index (χ1n) is 6.92. The van der Waals surface area contributed by atoms with Crippen molar-refractivity contribution in [3.05, 3.63) is 35.4 Å². The van der Waals surface area contributed by atoms with E-state index in [9.17, 15) is 13.2 Å². The van der Waals surface area contributed by atoms with Crippen LogP contribution < -0.4 is 4.72 Å². The lowest BCUT2D eigenvalue weighted by atomic mass is 10.1. The van der Waals surface area contributed by atoms with Crippen molar-refractivity contribution in [2.75, 3.05) is 10.5 Å². The number of nitrogens with one attached hydrogen (secondary N) is 1. The molecule has 21 heavy (non-hydrogen) atoms. The molecule has 1 aromatic carbocycles. The molecule has 1 aromatic rings. The van der Waals surface area contributed by atoms with E-state index in [0.717, 1.165) is 23.6 Å². The van der Waals surface area contributed by atoms with Gasteiger partial charge < -0.3 is 5.11 Å². The van der Waals surface area contributed by atoms with Gasteiger partial charge in [-0.25, -0.2) is 13.2 Å². The van der Waals surface area contributed by atoms with E-state index in [1.54, 1.807) is 18.2 Å². The summed E-state index contributed by atoms with van der Waals surface area (Å²) in [7, 11) is -3.33. The van der Waals surface area contributed by atoms with Crippen LogP contribution in [-0.2, 0) is 21.2 Å². The van der Waals surface area contributed by atoms with E-state index in [-0.39, 0.29) is 5.75 Å². The maximum absolute atomic E-state index is 11.9. The molecule has 5 nitrogen and oxygen atoms in total. The fourth-order valence-corrected chi connectivity index (χ4v) is 3.13. The van der Waals surface area contributed by atoms with E-state index in [1.165, 1.54) is 6.08 Å². The van der Waals surface area contributed by atoms with E-state index in [1.807, 2.05) is 13.8 Å². The maximum Gasteiger partial charge on any atom is 0.328 e. The van der Waals surface area contributed by atoms with Gasteiger partial charge in [-0.2, -0.15) is 0 Å². The summed E-state index contributed by atoms with van der Waals surface area (Å²) >= 11 is 0. The molecule has 116 valence electrons. The zero-order valence-corrected chi connectivity index (χ0v) is 13.1. The highest BCUT2D eigenvalue weighted by Crippen LogP contribution is 2.20. The molecular weight excluding hydrogens is 290 g/mol. The number of carboxylic acids is 1. The zero-order chi connectivity index (χ0) is 15.9. The number of anilines is 1. The fourth-order valence-electron chi connectivity index (χ4n) is 1.83. The minimum absolute atomic E-state index is 0.104. The summed E-state index contributed by atoms with van der Waals surface area (Å²) in [4.78, 5) is 10.5. The van der Waals surface area contributed by atoms with Crippen LogP contribution in [0.4, 0.5) is 5.69 Å². The number of rotatable bonds is 8. The normalized spacial score (nSPS) is 11.7. The lowest BCUT2D eigenvalue weighted by Gasteiger charge is -2.12. The third kappa shape index (κ3) is 5.99. The van der Waals surface area contributed by atoms with Crippen LogP contribution in [0.3, 0.4) is 0 Å². The van der Waals surface area contributed by atoms with Crippen molar-refractivity contribution in [2.45, 2.75) is 33.1 Å². The van der Waals surface area contributed by atoms with E-state index < -0.39 is 16.0 Å². The topological polar surface area (TPSA) is 83.5 Å². The van der Waals surface area contributed by atoms with Crippen LogP contribution in [-0.4, -0.2) is 25.2 Å². The zero-order valence-electron chi connectivity index (χ0n) is 12.3. The summed E-state index contributed by atoms with van der Waals surface area (Å²) in [5.41, 5.74) is 2.12. The molecule has 6 heteroatoms. The molecule has 0 heterocycles. The Morgan fingerprint density at radius 2 is 2.05 bits per heavy atom. The minimum Gasteiger partial charge on any atom is -0.478 e. The third-order valence-corrected chi connectivity index (χ3v) is 4.32. The quantitative estimate of drug-likeness (QED) is 0.723. The van der Waals surface area contributed by atoms with Crippen LogP contribution >= 0.6 is 0 Å². The molecule has 0 aliphatic heterocycles. The highest BCUT2D eigenvalue weighted by molar-refractivity contribution is 7.92. The number of carbonyl (C=O) groups is 1. The van der Waals surface area contributed by atoms with E-state index >= 15 is 0 Å². The molecular formula is C15H21NO4S. The van der Waals surface area contributed by atoms with Crippen LogP contribution in [0.2, 0.25) is 0 Å². The van der Waals surface area contributed by atoms with E-state index in [2.05, 4.69) is 4.72 Å². The summed E-state index contributed by atoms with van der Waals surface area (Å²) in [6.07, 6.45) is 4.63. The number of hydrogen-bond donors (Lipinski definition) is 2. The molecule has 0 bridgehead atoms. The Balaban J connectivity index is 2.96. The predicted molar refractivity (Wildman–Crippen MR) is 84.8 cm³/mol. The van der Waals surface area contributed by atoms with Crippen LogP contribution in [0.25, 0.3) is 6.08 Å². The molecule has 2 N–H and O–H groups in total. The van der Waals surface area contributed by atoms with Crippen molar-refractivity contribution in [3.8, 4) is 0 Å². The maximum atomic E-state index is 11.9. The van der Waals surface area contributed by atoms with Gasteiger partial charge in [0.05, 0.1) is 11.4 Å². The highest BCUT2D eigenvalue weighted by Gasteiger charge is 2.12. The Morgan fingerprint density at radius 3 is 2.62 bits per heavy atom. The van der Waals surface area contributed by atoms with Crippen molar-refractivity contribution >= 4 is 27.8 Å². The van der Waals surface area contributed by atoms with Gasteiger partial charge in [-0.15, -0.1) is 0 Å². The summed E-state index contributed by atoms with van der Waals surface area (Å²) in [6.45, 7) is 3.86. The Hall–Kier alpha value is -1.82. The summed E-state index contributed by atoms with van der Waals surface area (Å²) in [5.74, 6) is -0.912. The second kappa shape index (κ2) is 7.83. The van der Waals surface area contributed by atoms with E-state index in [0.29, 0.717) is 18.5 Å². The summed E-state index contributed by atoms with van der Waals surface area (Å²) in [5, 5.41) is 8.61. The Labute approximate surface area is 125 Å². The molecule has 0 spiro atoms. The first-order chi connectivity index (χ1) is 9.88. The van der Waals surface area contributed by atoms with Crippen LogP contribution in [0.5, 0.6) is 0 Å². The number of aryl methyl sites for hydroxylation is 1. The average Bonchev–Trinajstić information content (AvgIpc) is 2.43. The second-order valence-electron chi connectivity index (χ2n) is 4.72. The Morgan fingerprint density at radius 1 is 1.33 bits per heavy atom. The standard InChI is InChI=1S/C15H21NO4S/c1-3-5-10-21(19,20)16-14-8-6-12(7-9-15(17)18)11-13(14)4-2/h6-9,11,16H,3-5,10H2,1-2H3,(H,17,18)/b9-7+. The molecule has 0 radical (unpaired) electrons. The van der Waals surface area contributed by atoms with Crippen molar-refractivity contribution in [2.24, 2.45) is 0 Å². The fraction of sp³-hybridized carbons (Fsp3) is 0.400. The lowest BCUT2D eigenvalue weighted by Crippen LogP contribution is -2.17. The van der Waals surface area contributed by atoms with E-state index in [4.69, 9.17) is 5.11 Å². The first-order valence-corrected chi connectivity index (χ1v) is 8.57. The Kier molecular flexibility index (Phi) is 6.42. The second-order valence-corrected chi connectivity index (χ2v) is 6.56. The van der Waals surface area contributed by atoms with Crippen molar-refractivity contribution in [1.82, 2.24) is 0 Å². The molecule has 0 saturated carbocycles. The van der Waals surface area contributed by atoms with Gasteiger partial charge in [0.1, 0.15) is 0 Å². The molecule has 0 aromatic heterocycles. The average molecular weight is 311 g/mol. The van der Waals surface area contributed by atoms with Gasteiger partial charge in [0.2, 0.25) is 10.0 Å². The predicted octanol–water partition coefficient (Wildman–Crippen LogP) is 2.89. The van der Waals surface area contributed by atoms with Gasteiger partial charge in [-0.1, -0.05) is 26.3 Å². The monoisotopic (exact) mass is 311 g/mol. The number of unbranched alkanes of at least 4 members (excludes halogenated alkanes) is 1. The van der Waals surface area contributed by atoms with Gasteiger partial charge >= 0.3 is 5.97 Å². The highest BCUT2D eigenvalue weighted by atomic mass is 32.2. The van der Waals surface area contributed by atoms with Gasteiger partial charge in [0.15, 0.2) is 0 Å². The molecule has 0 aliphatic carbocycles. The molecule has 0 amide bonds. The number of aliphatic carboxylic acids is 1. The summed E-state index contributed by atoms with van der Waals surface area (Å²) in [6, 6.07) is 5.15. The minimum atomic E-state index is -3.33. The van der Waals surface area contributed by atoms with Crippen molar-refractivity contribution < 1.29 is 18.3 Å². The molecule has 0 saturated heterocycles.